The van der Waals surface area contributed by atoms with Crippen molar-refractivity contribution in [3.8, 4) is 0 Å². The molecule has 0 aliphatic heterocycles. The fourth-order valence-electron chi connectivity index (χ4n) is 1.77. The molecule has 6 heteroatoms. The number of rotatable bonds is 9. The zero-order chi connectivity index (χ0) is 14.4. The van der Waals surface area contributed by atoms with Gasteiger partial charge in [0.15, 0.2) is 0 Å². The van der Waals surface area contributed by atoms with Crippen LogP contribution < -0.4 is 0 Å². The normalized spacial score (nSPS) is 10.4. The summed E-state index contributed by atoms with van der Waals surface area (Å²) in [5.41, 5.74) is 0. The molecular weight excluding hydrogens is 355 g/mol. The van der Waals surface area contributed by atoms with Gasteiger partial charge in [0.1, 0.15) is 12.6 Å². The van der Waals surface area contributed by atoms with Crippen LogP contribution >= 0.6 is 15.8 Å². The first-order valence-corrected chi connectivity index (χ1v) is 12.5. The average molecular weight is 388 g/mol. The van der Waals surface area contributed by atoms with Crippen LogP contribution in [0.15, 0.2) is 0 Å². The van der Waals surface area contributed by atoms with Gasteiger partial charge in [0.2, 0.25) is 0 Å². The van der Waals surface area contributed by atoms with Crippen molar-refractivity contribution < 1.29 is 16.5 Å². The first-order valence-electron chi connectivity index (χ1n) is 7.11. The number of hydrogen-bond donors (Lipinski definition) is 0. The third-order valence-corrected chi connectivity index (χ3v) is 9.71. The van der Waals surface area contributed by atoms with Crippen molar-refractivity contribution in [2.45, 2.75) is 27.7 Å². The molecule has 0 atom stereocenters. The second-order valence-electron chi connectivity index (χ2n) is 4.49. The second-order valence-corrected chi connectivity index (χ2v) is 11.8. The third-order valence-electron chi connectivity index (χ3n) is 3.07. The molecule has 120 valence electrons. The third kappa shape index (κ3) is 18.0. The van der Waals surface area contributed by atoms with Gasteiger partial charge < -0.3 is 25.3 Å². The molecule has 0 N–H and O–H groups in total. The van der Waals surface area contributed by atoms with Gasteiger partial charge in [0.05, 0.1) is 24.6 Å². The molecule has 1 nitrogen and oxygen atoms in total. The van der Waals surface area contributed by atoms with Gasteiger partial charge in [-0.05, 0) is 34.7 Å². The number of hydrogen-bond acceptors (Lipinski definition) is 3. The van der Waals surface area contributed by atoms with E-state index in [4.69, 9.17) is 0 Å². The van der Waals surface area contributed by atoms with Crippen molar-refractivity contribution in [3.63, 3.8) is 0 Å². The van der Waals surface area contributed by atoms with E-state index >= 15 is 0 Å². The van der Waals surface area contributed by atoms with E-state index in [1.54, 1.807) is 0 Å². The van der Waals surface area contributed by atoms with Gasteiger partial charge in [-0.3, -0.25) is 0 Å². The minimum Gasteiger partial charge on any atom is -0.794 e. The van der Waals surface area contributed by atoms with Crippen LogP contribution in [0.4, 0.5) is 0 Å². The van der Waals surface area contributed by atoms with E-state index in [0.717, 1.165) is 11.5 Å². The molecule has 0 aromatic rings. The van der Waals surface area contributed by atoms with Crippen LogP contribution in [0, 0.1) is 0 Å². The summed E-state index contributed by atoms with van der Waals surface area (Å²) in [4.78, 5) is 2.61. The van der Waals surface area contributed by atoms with Gasteiger partial charge in [0.25, 0.3) is 0 Å². The Morgan fingerprint density at radius 3 is 1.16 bits per heavy atom. The van der Waals surface area contributed by atoms with Gasteiger partial charge >= 0.3 is 16.5 Å². The summed E-state index contributed by atoms with van der Waals surface area (Å²) in [6.45, 7) is 9.43. The summed E-state index contributed by atoms with van der Waals surface area (Å²) in [5, 5.41) is 0. The van der Waals surface area contributed by atoms with Crippen LogP contribution in [0.2, 0.25) is 0 Å². The largest absolute Gasteiger partial charge is 2.00 e. The molecule has 0 fully saturated rings. The molecular formula is C13H33NNiP2S2+2. The zero-order valence-corrected chi connectivity index (χ0v) is 17.9. The van der Waals surface area contributed by atoms with Crippen LogP contribution in [0.3, 0.4) is 0 Å². The van der Waals surface area contributed by atoms with Gasteiger partial charge in [-0.2, -0.15) is 11.5 Å². The molecule has 0 rings (SSSR count). The van der Waals surface area contributed by atoms with E-state index in [1.165, 1.54) is 37.2 Å². The van der Waals surface area contributed by atoms with Crippen LogP contribution in [0.25, 0.3) is 0 Å². The fourth-order valence-corrected chi connectivity index (χ4v) is 5.64. The van der Waals surface area contributed by atoms with Crippen molar-refractivity contribution in [2.75, 3.05) is 55.8 Å². The Morgan fingerprint density at radius 2 is 1.00 bits per heavy atom. The maximum absolute atomic E-state index is 4.45. The molecule has 0 aliphatic rings. The maximum Gasteiger partial charge on any atom is 2.00 e. The zero-order valence-electron chi connectivity index (χ0n) is 13.2. The van der Waals surface area contributed by atoms with Gasteiger partial charge in [0, 0.05) is 15.8 Å². The Balaban J connectivity index is -0.000000448. The Hall–Kier alpha value is 2.01. The number of nitrogens with zero attached hydrogens (tertiary/aromatic N) is 1. The van der Waals surface area contributed by atoms with Crippen molar-refractivity contribution in [3.05, 3.63) is 0 Å². The Kier molecular flexibility index (Phi) is 27.3. The standard InChI is InChI=1S/C11H27NP2.C2H6S2.Ni/c1-6-13(7-2)10-12(5)11-14(8-3)9-4;3-1-2-4;/h6-11H2,1-5H3;3-4H,1-2H2;/q;;+2. The molecule has 0 aliphatic carbocycles. The topological polar surface area (TPSA) is 3.24 Å². The molecule has 0 aromatic heterocycles. The molecule has 0 amide bonds. The van der Waals surface area contributed by atoms with E-state index in [2.05, 4.69) is 64.9 Å². The monoisotopic (exact) mass is 387 g/mol. The molecule has 0 spiro atoms. The summed E-state index contributed by atoms with van der Waals surface area (Å²) >= 11 is 8.90. The quantitative estimate of drug-likeness (QED) is 0.339. The SMILES string of the molecule is CC[PH+](CC)CN(C)C[PH+](CC)CC.[Ni+2].[S-]CC[S-]. The van der Waals surface area contributed by atoms with E-state index in [0.29, 0.717) is 0 Å². The van der Waals surface area contributed by atoms with Crippen molar-refractivity contribution in [1.29, 1.82) is 0 Å². The molecule has 0 heterocycles. The molecule has 0 radical (unpaired) electrons. The van der Waals surface area contributed by atoms with E-state index in [9.17, 15) is 0 Å². The first kappa shape index (κ1) is 25.9. The molecule has 0 saturated carbocycles. The Morgan fingerprint density at radius 1 is 0.737 bits per heavy atom. The average Bonchev–Trinajstić information content (AvgIpc) is 2.42. The molecule has 0 saturated heterocycles. The Labute approximate surface area is 145 Å². The maximum atomic E-state index is 4.45. The summed E-state index contributed by atoms with van der Waals surface area (Å²) in [5.74, 6) is 1.44. The minimum absolute atomic E-state index is 0. The van der Waals surface area contributed by atoms with Crippen molar-refractivity contribution in [2.24, 2.45) is 0 Å². The summed E-state index contributed by atoms with van der Waals surface area (Å²) < 4.78 is 0. The second kappa shape index (κ2) is 20.0. The van der Waals surface area contributed by atoms with Crippen molar-refractivity contribution >= 4 is 41.1 Å². The van der Waals surface area contributed by atoms with Crippen LogP contribution in [0.1, 0.15) is 27.7 Å². The molecule has 19 heavy (non-hydrogen) atoms. The Bertz CT molecular complexity index is 144. The minimum atomic E-state index is -0.0414. The van der Waals surface area contributed by atoms with E-state index < -0.39 is 0 Å². The molecule has 0 unspecified atom stereocenters. The van der Waals surface area contributed by atoms with Crippen molar-refractivity contribution in [1.82, 2.24) is 4.90 Å². The summed E-state index contributed by atoms with van der Waals surface area (Å²) in [7, 11) is 2.24. The van der Waals surface area contributed by atoms with Crippen LogP contribution in [-0.4, -0.2) is 60.7 Å². The van der Waals surface area contributed by atoms with E-state index in [-0.39, 0.29) is 32.3 Å². The van der Waals surface area contributed by atoms with Gasteiger partial charge in [-0.1, -0.05) is 0 Å². The molecule has 0 bridgehead atoms. The smallest absolute Gasteiger partial charge is 0.794 e. The first-order chi connectivity index (χ1) is 8.59. The summed E-state index contributed by atoms with van der Waals surface area (Å²) in [6.07, 6.45) is 8.56. The molecule has 0 aromatic carbocycles. The summed E-state index contributed by atoms with van der Waals surface area (Å²) in [6, 6.07) is 0. The van der Waals surface area contributed by atoms with Gasteiger partial charge in [-0.25, -0.2) is 4.90 Å². The van der Waals surface area contributed by atoms with Gasteiger partial charge in [-0.15, -0.1) is 0 Å². The predicted octanol–water partition coefficient (Wildman–Crippen LogP) is 3.42. The van der Waals surface area contributed by atoms with Crippen LogP contribution in [-0.2, 0) is 41.7 Å². The van der Waals surface area contributed by atoms with E-state index in [1.807, 2.05) is 0 Å². The van der Waals surface area contributed by atoms with Crippen LogP contribution in [0.5, 0.6) is 0 Å². The predicted molar refractivity (Wildman–Crippen MR) is 101 cm³/mol. The fraction of sp³-hybridized carbons (Fsp3) is 1.00.